The first-order valence-electron chi connectivity index (χ1n) is 6.22. The van der Waals surface area contributed by atoms with Crippen LogP contribution in [0.2, 0.25) is 0 Å². The number of nitrogens with zero attached hydrogens (tertiary/aromatic N) is 1. The van der Waals surface area contributed by atoms with E-state index in [4.69, 9.17) is 5.73 Å². The SMILES string of the molecule is Cn1[nH]c(C2CCCC2)c(CCCN)c1=O. The van der Waals surface area contributed by atoms with Crippen LogP contribution < -0.4 is 11.3 Å². The van der Waals surface area contributed by atoms with Gasteiger partial charge in [0, 0.05) is 24.2 Å². The van der Waals surface area contributed by atoms with Gasteiger partial charge in [-0.1, -0.05) is 12.8 Å². The molecule has 2 rings (SSSR count). The third-order valence-corrected chi connectivity index (χ3v) is 3.57. The van der Waals surface area contributed by atoms with Gasteiger partial charge in [0.25, 0.3) is 5.56 Å². The first-order chi connectivity index (χ1) is 7.74. The Morgan fingerprint density at radius 1 is 1.44 bits per heavy atom. The highest BCUT2D eigenvalue weighted by molar-refractivity contribution is 5.22. The van der Waals surface area contributed by atoms with Crippen LogP contribution >= 0.6 is 0 Å². The van der Waals surface area contributed by atoms with Crippen LogP contribution in [0.4, 0.5) is 0 Å². The van der Waals surface area contributed by atoms with Crippen molar-refractivity contribution < 1.29 is 0 Å². The number of H-pyrrole nitrogens is 1. The maximum Gasteiger partial charge on any atom is 0.269 e. The van der Waals surface area contributed by atoms with Gasteiger partial charge in [0.15, 0.2) is 0 Å². The number of hydrogen-bond donors (Lipinski definition) is 2. The Hall–Kier alpha value is -1.03. The van der Waals surface area contributed by atoms with Crippen molar-refractivity contribution in [2.45, 2.75) is 44.4 Å². The lowest BCUT2D eigenvalue weighted by atomic mass is 9.98. The van der Waals surface area contributed by atoms with Gasteiger partial charge >= 0.3 is 0 Å². The van der Waals surface area contributed by atoms with Crippen molar-refractivity contribution in [3.63, 3.8) is 0 Å². The van der Waals surface area contributed by atoms with Crippen molar-refractivity contribution in [3.05, 3.63) is 21.6 Å². The monoisotopic (exact) mass is 223 g/mol. The second kappa shape index (κ2) is 4.87. The van der Waals surface area contributed by atoms with Crippen LogP contribution in [-0.4, -0.2) is 16.3 Å². The van der Waals surface area contributed by atoms with Gasteiger partial charge in [-0.05, 0) is 32.2 Å². The molecule has 0 aliphatic heterocycles. The second-order valence-corrected chi connectivity index (χ2v) is 4.74. The molecule has 1 aromatic rings. The van der Waals surface area contributed by atoms with E-state index in [1.165, 1.54) is 31.4 Å². The van der Waals surface area contributed by atoms with Crippen LogP contribution in [-0.2, 0) is 13.5 Å². The van der Waals surface area contributed by atoms with Gasteiger partial charge < -0.3 is 5.73 Å². The van der Waals surface area contributed by atoms with Gasteiger partial charge in [0.05, 0.1) is 0 Å². The molecule has 0 radical (unpaired) electrons. The van der Waals surface area contributed by atoms with Crippen molar-refractivity contribution in [1.82, 2.24) is 9.78 Å². The molecule has 0 saturated heterocycles. The fraction of sp³-hybridized carbons (Fsp3) is 0.750. The summed E-state index contributed by atoms with van der Waals surface area (Å²) in [5.74, 6) is 0.571. The van der Waals surface area contributed by atoms with Gasteiger partial charge in [-0.25, -0.2) is 0 Å². The van der Waals surface area contributed by atoms with Gasteiger partial charge in [0.1, 0.15) is 0 Å². The maximum atomic E-state index is 11.9. The second-order valence-electron chi connectivity index (χ2n) is 4.74. The molecule has 0 amide bonds. The molecule has 1 aliphatic carbocycles. The Morgan fingerprint density at radius 2 is 2.12 bits per heavy atom. The number of nitrogens with two attached hydrogens (primary N) is 1. The third kappa shape index (κ3) is 2.07. The highest BCUT2D eigenvalue weighted by atomic mass is 16.1. The molecule has 1 aromatic heterocycles. The van der Waals surface area contributed by atoms with Crippen molar-refractivity contribution in [2.24, 2.45) is 12.8 Å². The molecule has 16 heavy (non-hydrogen) atoms. The van der Waals surface area contributed by atoms with Crippen LogP contribution in [0.1, 0.15) is 49.3 Å². The zero-order chi connectivity index (χ0) is 11.5. The third-order valence-electron chi connectivity index (χ3n) is 3.57. The summed E-state index contributed by atoms with van der Waals surface area (Å²) in [5.41, 5.74) is 7.80. The molecule has 3 N–H and O–H groups in total. The highest BCUT2D eigenvalue weighted by Gasteiger charge is 2.23. The largest absolute Gasteiger partial charge is 0.330 e. The van der Waals surface area contributed by atoms with Gasteiger partial charge in [0.2, 0.25) is 0 Å². The van der Waals surface area contributed by atoms with Crippen LogP contribution in [0, 0.1) is 0 Å². The predicted octanol–water partition coefficient (Wildman–Crippen LogP) is 1.26. The Bertz CT molecular complexity index is 399. The summed E-state index contributed by atoms with van der Waals surface area (Å²) in [6.07, 6.45) is 6.73. The summed E-state index contributed by atoms with van der Waals surface area (Å²) >= 11 is 0. The smallest absolute Gasteiger partial charge is 0.269 e. The Kier molecular flexibility index (Phi) is 3.49. The molecule has 0 atom stereocenters. The zero-order valence-electron chi connectivity index (χ0n) is 9.96. The normalized spacial score (nSPS) is 17.1. The summed E-state index contributed by atoms with van der Waals surface area (Å²) < 4.78 is 1.61. The average Bonchev–Trinajstić information content (AvgIpc) is 2.87. The minimum atomic E-state index is 0.135. The molecule has 4 nitrogen and oxygen atoms in total. The molecule has 1 heterocycles. The number of aromatic amines is 1. The van der Waals surface area contributed by atoms with Crippen LogP contribution in [0.25, 0.3) is 0 Å². The molecule has 0 spiro atoms. The number of rotatable bonds is 4. The number of hydrogen-bond acceptors (Lipinski definition) is 2. The van der Waals surface area contributed by atoms with Crippen molar-refractivity contribution in [1.29, 1.82) is 0 Å². The molecule has 1 fully saturated rings. The predicted molar refractivity (Wildman–Crippen MR) is 64.6 cm³/mol. The van der Waals surface area contributed by atoms with E-state index in [2.05, 4.69) is 5.10 Å². The number of nitrogens with one attached hydrogen (secondary N) is 1. The summed E-state index contributed by atoms with van der Waals surface area (Å²) in [7, 11) is 1.80. The van der Waals surface area contributed by atoms with E-state index in [1.54, 1.807) is 11.7 Å². The van der Waals surface area contributed by atoms with Gasteiger partial charge in [-0.15, -0.1) is 0 Å². The first-order valence-corrected chi connectivity index (χ1v) is 6.22. The van der Waals surface area contributed by atoms with Gasteiger partial charge in [-0.2, -0.15) is 0 Å². The van der Waals surface area contributed by atoms with Crippen LogP contribution in [0.3, 0.4) is 0 Å². The fourth-order valence-corrected chi connectivity index (χ4v) is 2.69. The molecule has 0 aromatic carbocycles. The summed E-state index contributed by atoms with van der Waals surface area (Å²) in [4.78, 5) is 11.9. The minimum Gasteiger partial charge on any atom is -0.330 e. The molecule has 0 unspecified atom stereocenters. The van der Waals surface area contributed by atoms with Crippen molar-refractivity contribution in [3.8, 4) is 0 Å². The lowest BCUT2D eigenvalue weighted by molar-refractivity contribution is 0.648. The first kappa shape index (κ1) is 11.5. The van der Waals surface area contributed by atoms with Crippen molar-refractivity contribution in [2.75, 3.05) is 6.54 Å². The maximum absolute atomic E-state index is 11.9. The molecule has 1 aliphatic rings. The van der Waals surface area contributed by atoms with Crippen LogP contribution in [0.5, 0.6) is 0 Å². The molecule has 90 valence electrons. The number of aryl methyl sites for hydroxylation is 1. The quantitative estimate of drug-likeness (QED) is 0.807. The van der Waals surface area contributed by atoms with Crippen LogP contribution in [0.15, 0.2) is 4.79 Å². The lowest BCUT2D eigenvalue weighted by Crippen LogP contribution is -2.16. The van der Waals surface area contributed by atoms with E-state index >= 15 is 0 Å². The summed E-state index contributed by atoms with van der Waals surface area (Å²) in [5, 5.41) is 3.23. The van der Waals surface area contributed by atoms with Crippen molar-refractivity contribution >= 4 is 0 Å². The van der Waals surface area contributed by atoms with E-state index in [-0.39, 0.29) is 5.56 Å². The topological polar surface area (TPSA) is 63.8 Å². The van der Waals surface area contributed by atoms with E-state index in [0.717, 1.165) is 18.4 Å². The van der Waals surface area contributed by atoms with E-state index in [1.807, 2.05) is 0 Å². The number of aromatic nitrogens is 2. The van der Waals surface area contributed by atoms with Gasteiger partial charge in [-0.3, -0.25) is 14.6 Å². The zero-order valence-corrected chi connectivity index (χ0v) is 9.96. The molecular formula is C12H21N3O. The lowest BCUT2D eigenvalue weighted by Gasteiger charge is -2.08. The summed E-state index contributed by atoms with van der Waals surface area (Å²) in [6, 6.07) is 0. The molecule has 1 saturated carbocycles. The molecule has 0 bridgehead atoms. The molecule has 4 heteroatoms. The Balaban J connectivity index is 2.28. The Labute approximate surface area is 95.8 Å². The summed E-state index contributed by atoms with van der Waals surface area (Å²) in [6.45, 7) is 0.651. The Morgan fingerprint density at radius 3 is 2.75 bits per heavy atom. The molecular weight excluding hydrogens is 202 g/mol. The average molecular weight is 223 g/mol. The standard InChI is InChI=1S/C12H21N3O/c1-15-12(16)10(7-4-8-13)11(14-15)9-5-2-3-6-9/h9,14H,2-8,13H2,1H3. The highest BCUT2D eigenvalue weighted by Crippen LogP contribution is 2.34. The van der Waals surface area contributed by atoms with E-state index < -0.39 is 0 Å². The minimum absolute atomic E-state index is 0.135. The van der Waals surface area contributed by atoms with E-state index in [9.17, 15) is 4.79 Å². The fourth-order valence-electron chi connectivity index (χ4n) is 2.69. The van der Waals surface area contributed by atoms with E-state index in [0.29, 0.717) is 12.5 Å².